The Bertz CT molecular complexity index is 662. The van der Waals surface area contributed by atoms with Gasteiger partial charge in [0.1, 0.15) is 6.61 Å². The maximum Gasteiger partial charge on any atom is 0.252 e. The van der Waals surface area contributed by atoms with Gasteiger partial charge in [0.25, 0.3) is 5.91 Å². The fourth-order valence-electron chi connectivity index (χ4n) is 4.13. The minimum absolute atomic E-state index is 0.0122. The highest BCUT2D eigenvalue weighted by molar-refractivity contribution is 5.94. The van der Waals surface area contributed by atoms with E-state index in [1.54, 1.807) is 4.90 Å². The molecule has 1 aromatic carbocycles. The molecular formula is C20H27N3O4. The number of carbonyl (C=O) groups excluding carboxylic acids is 2. The number of ether oxygens (including phenoxy) is 2. The zero-order valence-electron chi connectivity index (χ0n) is 15.6. The van der Waals surface area contributed by atoms with Crippen LogP contribution in [-0.2, 0) is 19.1 Å². The number of benzene rings is 1. The summed E-state index contributed by atoms with van der Waals surface area (Å²) in [7, 11) is 0. The number of carbonyl (C=O) groups is 2. The third-order valence-electron chi connectivity index (χ3n) is 5.69. The summed E-state index contributed by atoms with van der Waals surface area (Å²) in [5, 5.41) is 0. The summed E-state index contributed by atoms with van der Waals surface area (Å²) in [6.07, 6.45) is 0.824. The molecule has 2 amide bonds. The van der Waals surface area contributed by atoms with E-state index >= 15 is 0 Å². The summed E-state index contributed by atoms with van der Waals surface area (Å²) < 4.78 is 11.2. The normalized spacial score (nSPS) is 27.2. The Hall–Kier alpha value is -1.96. The fourth-order valence-corrected chi connectivity index (χ4v) is 4.13. The molecule has 0 aliphatic carbocycles. The summed E-state index contributed by atoms with van der Waals surface area (Å²) in [4.78, 5) is 31.2. The predicted molar refractivity (Wildman–Crippen MR) is 100 cm³/mol. The lowest BCUT2D eigenvalue weighted by Gasteiger charge is -2.39. The molecule has 0 N–H and O–H groups in total. The summed E-state index contributed by atoms with van der Waals surface area (Å²) in [6.45, 7) is 5.50. The number of hydrogen-bond acceptors (Lipinski definition) is 5. The van der Waals surface area contributed by atoms with Crippen LogP contribution in [0.2, 0.25) is 0 Å². The average molecular weight is 373 g/mol. The van der Waals surface area contributed by atoms with Crippen LogP contribution in [0.1, 0.15) is 6.42 Å². The van der Waals surface area contributed by atoms with Crippen LogP contribution in [-0.4, -0.2) is 86.8 Å². The maximum atomic E-state index is 12.8. The third kappa shape index (κ3) is 4.31. The molecule has 3 aliphatic rings. The number of nitrogens with zero attached hydrogens (tertiary/aromatic N) is 3. The quantitative estimate of drug-likeness (QED) is 0.777. The van der Waals surface area contributed by atoms with Crippen molar-refractivity contribution in [3.8, 4) is 0 Å². The van der Waals surface area contributed by atoms with E-state index in [0.29, 0.717) is 39.4 Å². The topological polar surface area (TPSA) is 62.3 Å². The Kier molecular flexibility index (Phi) is 5.71. The molecule has 0 aromatic heterocycles. The van der Waals surface area contributed by atoms with Gasteiger partial charge in [-0.2, -0.15) is 0 Å². The molecule has 7 nitrogen and oxygen atoms in total. The molecule has 4 rings (SSSR count). The van der Waals surface area contributed by atoms with Crippen LogP contribution in [0.15, 0.2) is 30.3 Å². The molecule has 27 heavy (non-hydrogen) atoms. The van der Waals surface area contributed by atoms with Gasteiger partial charge in [0, 0.05) is 44.3 Å². The van der Waals surface area contributed by atoms with E-state index in [1.165, 1.54) is 0 Å². The SMILES string of the molecule is O=C(CN1CCOCC1)N1CC[C@@H]2OCC(=O)N(c3ccccc3)C[C@H]2C1. The number of fused-ring (bicyclic) bond motifs is 1. The van der Waals surface area contributed by atoms with Gasteiger partial charge in [-0.05, 0) is 18.6 Å². The molecule has 3 fully saturated rings. The van der Waals surface area contributed by atoms with Gasteiger partial charge in [-0.3, -0.25) is 14.5 Å². The Morgan fingerprint density at radius 2 is 1.85 bits per heavy atom. The Morgan fingerprint density at radius 1 is 1.07 bits per heavy atom. The first-order valence-electron chi connectivity index (χ1n) is 9.75. The molecule has 7 heteroatoms. The summed E-state index contributed by atoms with van der Waals surface area (Å²) in [5.41, 5.74) is 0.892. The van der Waals surface area contributed by atoms with Gasteiger partial charge in [0.2, 0.25) is 5.91 Å². The molecule has 0 unspecified atom stereocenters. The monoisotopic (exact) mass is 373 g/mol. The van der Waals surface area contributed by atoms with Crippen molar-refractivity contribution >= 4 is 17.5 Å². The summed E-state index contributed by atoms with van der Waals surface area (Å²) in [5.74, 6) is 0.290. The first-order chi connectivity index (χ1) is 13.2. The number of morpholine rings is 1. The van der Waals surface area contributed by atoms with Gasteiger partial charge < -0.3 is 19.3 Å². The molecule has 0 radical (unpaired) electrons. The molecule has 0 bridgehead atoms. The Morgan fingerprint density at radius 3 is 2.63 bits per heavy atom. The Balaban J connectivity index is 1.41. The van der Waals surface area contributed by atoms with Crippen molar-refractivity contribution in [2.75, 3.05) is 64.0 Å². The van der Waals surface area contributed by atoms with Crippen LogP contribution < -0.4 is 4.90 Å². The van der Waals surface area contributed by atoms with Gasteiger partial charge in [-0.25, -0.2) is 0 Å². The van der Waals surface area contributed by atoms with Crippen LogP contribution in [0.5, 0.6) is 0 Å². The van der Waals surface area contributed by atoms with Crippen LogP contribution in [0, 0.1) is 5.92 Å². The zero-order chi connectivity index (χ0) is 18.6. The van der Waals surface area contributed by atoms with Crippen LogP contribution in [0.3, 0.4) is 0 Å². The molecule has 3 heterocycles. The molecule has 2 atom stereocenters. The second-order valence-corrected chi connectivity index (χ2v) is 7.47. The van der Waals surface area contributed by atoms with E-state index < -0.39 is 0 Å². The van der Waals surface area contributed by atoms with Crippen molar-refractivity contribution in [1.82, 2.24) is 9.80 Å². The smallest absolute Gasteiger partial charge is 0.252 e. The first kappa shape index (κ1) is 18.4. The lowest BCUT2D eigenvalue weighted by Crippen LogP contribution is -2.52. The van der Waals surface area contributed by atoms with Crippen molar-refractivity contribution in [2.45, 2.75) is 12.5 Å². The van der Waals surface area contributed by atoms with E-state index in [2.05, 4.69) is 4.90 Å². The number of para-hydroxylation sites is 1. The average Bonchev–Trinajstić information content (AvgIpc) is 2.88. The first-order valence-corrected chi connectivity index (χ1v) is 9.75. The number of likely N-dealkylation sites (tertiary alicyclic amines) is 1. The van der Waals surface area contributed by atoms with Crippen molar-refractivity contribution in [1.29, 1.82) is 0 Å². The van der Waals surface area contributed by atoms with Crippen molar-refractivity contribution in [3.63, 3.8) is 0 Å². The second kappa shape index (κ2) is 8.37. The van der Waals surface area contributed by atoms with Crippen LogP contribution in [0.25, 0.3) is 0 Å². The maximum absolute atomic E-state index is 12.8. The lowest BCUT2D eigenvalue weighted by atomic mass is 9.94. The number of rotatable bonds is 3. The molecule has 146 valence electrons. The molecule has 0 spiro atoms. The predicted octanol–water partition coefficient (Wildman–Crippen LogP) is 0.599. The van der Waals surface area contributed by atoms with E-state index in [9.17, 15) is 9.59 Å². The minimum Gasteiger partial charge on any atom is -0.379 e. The van der Waals surface area contributed by atoms with Crippen molar-refractivity contribution in [3.05, 3.63) is 30.3 Å². The number of piperidine rings is 1. The summed E-state index contributed by atoms with van der Waals surface area (Å²) >= 11 is 0. The van der Waals surface area contributed by atoms with Gasteiger partial charge in [-0.15, -0.1) is 0 Å². The van der Waals surface area contributed by atoms with Gasteiger partial charge >= 0.3 is 0 Å². The summed E-state index contributed by atoms with van der Waals surface area (Å²) in [6, 6.07) is 9.71. The molecular weight excluding hydrogens is 346 g/mol. The lowest BCUT2D eigenvalue weighted by molar-refractivity contribution is -0.138. The highest BCUT2D eigenvalue weighted by Crippen LogP contribution is 2.27. The van der Waals surface area contributed by atoms with Gasteiger partial charge in [-0.1, -0.05) is 18.2 Å². The van der Waals surface area contributed by atoms with Gasteiger partial charge in [0.15, 0.2) is 0 Å². The van der Waals surface area contributed by atoms with Crippen molar-refractivity contribution in [2.24, 2.45) is 5.92 Å². The molecule has 1 aromatic rings. The Labute approximate surface area is 159 Å². The van der Waals surface area contributed by atoms with E-state index in [1.807, 2.05) is 35.2 Å². The largest absolute Gasteiger partial charge is 0.379 e. The fraction of sp³-hybridized carbons (Fsp3) is 0.600. The number of amides is 2. The molecule has 3 saturated heterocycles. The van der Waals surface area contributed by atoms with E-state index in [-0.39, 0.29) is 30.4 Å². The number of anilines is 1. The second-order valence-electron chi connectivity index (χ2n) is 7.47. The highest BCUT2D eigenvalue weighted by atomic mass is 16.5. The van der Waals surface area contributed by atoms with Crippen LogP contribution in [0.4, 0.5) is 5.69 Å². The van der Waals surface area contributed by atoms with Crippen molar-refractivity contribution < 1.29 is 19.1 Å². The standard InChI is InChI=1S/C20H27N3O4/c24-19(14-21-8-10-26-11-9-21)22-7-6-18-16(12-22)13-23(20(25)15-27-18)17-4-2-1-3-5-17/h1-5,16,18H,6-15H2/t16-,18+/m1/s1. The zero-order valence-corrected chi connectivity index (χ0v) is 15.6. The van der Waals surface area contributed by atoms with Crippen LogP contribution >= 0.6 is 0 Å². The highest BCUT2D eigenvalue weighted by Gasteiger charge is 2.37. The molecule has 3 aliphatic heterocycles. The molecule has 0 saturated carbocycles. The minimum atomic E-state index is -0.0122. The third-order valence-corrected chi connectivity index (χ3v) is 5.69. The van der Waals surface area contributed by atoms with Gasteiger partial charge in [0.05, 0.1) is 25.9 Å². The van der Waals surface area contributed by atoms with E-state index in [0.717, 1.165) is 25.2 Å². The number of hydrogen-bond donors (Lipinski definition) is 0. The van der Waals surface area contributed by atoms with E-state index in [4.69, 9.17) is 9.47 Å².